The van der Waals surface area contributed by atoms with Gasteiger partial charge < -0.3 is 5.73 Å². The molecule has 100 valence electrons. The molecule has 2 aromatic carbocycles. The lowest BCUT2D eigenvalue weighted by atomic mass is 10.1. The van der Waals surface area contributed by atoms with Crippen LogP contribution >= 0.6 is 23.2 Å². The van der Waals surface area contributed by atoms with E-state index in [0.29, 0.717) is 10.0 Å². The third-order valence-electron chi connectivity index (χ3n) is 2.97. The fourth-order valence-corrected chi connectivity index (χ4v) is 2.37. The summed E-state index contributed by atoms with van der Waals surface area (Å²) >= 11 is 12.2. The molecule has 0 aliphatic rings. The highest BCUT2D eigenvalue weighted by atomic mass is 35.5. The minimum absolute atomic E-state index is 0.590. The molecular formula is C15H16Cl2N2. The number of para-hydroxylation sites is 1. The maximum atomic E-state index is 6.19. The Balaban J connectivity index is 2.08. The van der Waals surface area contributed by atoms with Gasteiger partial charge >= 0.3 is 0 Å². The van der Waals surface area contributed by atoms with Crippen molar-refractivity contribution >= 4 is 28.9 Å². The number of halogens is 2. The van der Waals surface area contributed by atoms with Crippen LogP contribution in [0.1, 0.15) is 11.1 Å². The molecule has 19 heavy (non-hydrogen) atoms. The quantitative estimate of drug-likeness (QED) is 0.856. The summed E-state index contributed by atoms with van der Waals surface area (Å²) in [5.74, 6) is 0. The van der Waals surface area contributed by atoms with Crippen molar-refractivity contribution in [2.45, 2.75) is 13.1 Å². The molecule has 4 heteroatoms. The predicted molar refractivity (Wildman–Crippen MR) is 82.5 cm³/mol. The molecule has 0 saturated carbocycles. The summed E-state index contributed by atoms with van der Waals surface area (Å²) in [6, 6.07) is 13.6. The Kier molecular flexibility index (Phi) is 4.70. The molecule has 0 radical (unpaired) electrons. The molecule has 2 rings (SSSR count). The van der Waals surface area contributed by atoms with Crippen molar-refractivity contribution in [3.8, 4) is 0 Å². The monoisotopic (exact) mass is 294 g/mol. The van der Waals surface area contributed by atoms with Crippen LogP contribution in [-0.4, -0.2) is 11.9 Å². The van der Waals surface area contributed by atoms with Crippen LogP contribution in [0.5, 0.6) is 0 Å². The first-order valence-electron chi connectivity index (χ1n) is 6.02. The van der Waals surface area contributed by atoms with Gasteiger partial charge in [-0.25, -0.2) is 0 Å². The van der Waals surface area contributed by atoms with Crippen LogP contribution < -0.4 is 5.73 Å². The van der Waals surface area contributed by atoms with E-state index in [4.69, 9.17) is 28.9 Å². The van der Waals surface area contributed by atoms with E-state index in [1.165, 1.54) is 0 Å². The SMILES string of the molecule is CN(Cc1ccccc1N)Cc1cccc(Cl)c1Cl. The second-order valence-electron chi connectivity index (χ2n) is 4.58. The van der Waals surface area contributed by atoms with Gasteiger partial charge in [-0.05, 0) is 30.3 Å². The Bertz CT molecular complexity index is 570. The third-order valence-corrected chi connectivity index (χ3v) is 3.83. The van der Waals surface area contributed by atoms with E-state index < -0.39 is 0 Å². The van der Waals surface area contributed by atoms with Crippen LogP contribution in [0, 0.1) is 0 Å². The molecule has 0 saturated heterocycles. The van der Waals surface area contributed by atoms with Crippen molar-refractivity contribution < 1.29 is 0 Å². The molecule has 0 aliphatic heterocycles. The van der Waals surface area contributed by atoms with E-state index in [9.17, 15) is 0 Å². The molecule has 0 aliphatic carbocycles. The first-order chi connectivity index (χ1) is 9.08. The zero-order valence-corrected chi connectivity index (χ0v) is 12.2. The lowest BCUT2D eigenvalue weighted by Gasteiger charge is -2.18. The van der Waals surface area contributed by atoms with Crippen molar-refractivity contribution in [2.24, 2.45) is 0 Å². The number of nitrogen functional groups attached to an aromatic ring is 1. The molecule has 0 fully saturated rings. The molecule has 0 heterocycles. The third kappa shape index (κ3) is 3.63. The van der Waals surface area contributed by atoms with E-state index in [0.717, 1.165) is 29.9 Å². The van der Waals surface area contributed by atoms with E-state index in [-0.39, 0.29) is 0 Å². The lowest BCUT2D eigenvalue weighted by Crippen LogP contribution is -2.18. The van der Waals surface area contributed by atoms with Crippen molar-refractivity contribution in [2.75, 3.05) is 12.8 Å². The van der Waals surface area contributed by atoms with Crippen LogP contribution in [0.15, 0.2) is 42.5 Å². The van der Waals surface area contributed by atoms with E-state index in [2.05, 4.69) is 4.90 Å². The normalized spacial score (nSPS) is 10.9. The smallest absolute Gasteiger partial charge is 0.0637 e. The van der Waals surface area contributed by atoms with Gasteiger partial charge in [-0.3, -0.25) is 4.90 Å². The fourth-order valence-electron chi connectivity index (χ4n) is 1.99. The van der Waals surface area contributed by atoms with Crippen molar-refractivity contribution in [1.29, 1.82) is 0 Å². The average molecular weight is 295 g/mol. The number of benzene rings is 2. The summed E-state index contributed by atoms with van der Waals surface area (Å²) in [6.45, 7) is 1.50. The van der Waals surface area contributed by atoms with Gasteiger partial charge in [0.05, 0.1) is 10.0 Å². The maximum absolute atomic E-state index is 6.19. The van der Waals surface area contributed by atoms with Gasteiger partial charge in [0.2, 0.25) is 0 Å². The van der Waals surface area contributed by atoms with Crippen LogP contribution in [0.25, 0.3) is 0 Å². The highest BCUT2D eigenvalue weighted by Crippen LogP contribution is 2.26. The minimum atomic E-state index is 0.590. The van der Waals surface area contributed by atoms with Gasteiger partial charge in [-0.15, -0.1) is 0 Å². The van der Waals surface area contributed by atoms with E-state index >= 15 is 0 Å². The fraction of sp³-hybridized carbons (Fsp3) is 0.200. The predicted octanol–water partition coefficient (Wildman–Crippen LogP) is 4.21. The molecule has 0 atom stereocenters. The van der Waals surface area contributed by atoms with Crippen LogP contribution in [0.2, 0.25) is 10.0 Å². The molecule has 0 amide bonds. The highest BCUT2D eigenvalue weighted by Gasteiger charge is 2.08. The Morgan fingerprint density at radius 3 is 2.32 bits per heavy atom. The van der Waals surface area contributed by atoms with Crippen molar-refractivity contribution in [1.82, 2.24) is 4.90 Å². The first-order valence-corrected chi connectivity index (χ1v) is 6.78. The zero-order chi connectivity index (χ0) is 13.8. The topological polar surface area (TPSA) is 29.3 Å². The Morgan fingerprint density at radius 2 is 1.58 bits per heavy atom. The molecule has 0 unspecified atom stereocenters. The number of hydrogen-bond acceptors (Lipinski definition) is 2. The van der Waals surface area contributed by atoms with Crippen molar-refractivity contribution in [3.05, 3.63) is 63.6 Å². The second-order valence-corrected chi connectivity index (χ2v) is 5.37. The largest absolute Gasteiger partial charge is 0.398 e. The average Bonchev–Trinajstić information content (AvgIpc) is 2.38. The number of anilines is 1. The van der Waals surface area contributed by atoms with Gasteiger partial charge in [0.1, 0.15) is 0 Å². The summed E-state index contributed by atoms with van der Waals surface area (Å²) in [5, 5.41) is 1.21. The number of rotatable bonds is 4. The summed E-state index contributed by atoms with van der Waals surface area (Å²) in [4.78, 5) is 2.16. The van der Waals surface area contributed by atoms with E-state index in [1.807, 2.05) is 43.4 Å². The molecular weight excluding hydrogens is 279 g/mol. The highest BCUT2D eigenvalue weighted by molar-refractivity contribution is 6.42. The summed E-state index contributed by atoms with van der Waals surface area (Å²) in [6.07, 6.45) is 0. The minimum Gasteiger partial charge on any atom is -0.398 e. The number of hydrogen-bond donors (Lipinski definition) is 1. The van der Waals surface area contributed by atoms with Crippen LogP contribution in [0.3, 0.4) is 0 Å². The van der Waals surface area contributed by atoms with Gasteiger partial charge in [-0.1, -0.05) is 53.5 Å². The molecule has 0 aromatic heterocycles. The van der Waals surface area contributed by atoms with Crippen LogP contribution in [0.4, 0.5) is 5.69 Å². The molecule has 2 nitrogen and oxygen atoms in total. The van der Waals surface area contributed by atoms with Crippen LogP contribution in [-0.2, 0) is 13.1 Å². The number of nitrogens with two attached hydrogens (primary N) is 1. The molecule has 2 N–H and O–H groups in total. The summed E-state index contributed by atoms with van der Waals surface area (Å²) in [7, 11) is 2.03. The Labute approximate surface area is 123 Å². The Hall–Kier alpha value is -1.22. The second kappa shape index (κ2) is 6.29. The van der Waals surface area contributed by atoms with E-state index in [1.54, 1.807) is 6.07 Å². The molecule has 0 bridgehead atoms. The maximum Gasteiger partial charge on any atom is 0.0637 e. The lowest BCUT2D eigenvalue weighted by molar-refractivity contribution is 0.319. The summed E-state index contributed by atoms with van der Waals surface area (Å²) < 4.78 is 0. The number of nitrogens with zero attached hydrogens (tertiary/aromatic N) is 1. The first kappa shape index (κ1) is 14.2. The van der Waals surface area contributed by atoms with Crippen molar-refractivity contribution in [3.63, 3.8) is 0 Å². The standard InChI is InChI=1S/C15H16Cl2N2/c1-19(9-11-5-2-3-8-14(11)18)10-12-6-4-7-13(16)15(12)17/h2-8H,9-10,18H2,1H3. The Morgan fingerprint density at radius 1 is 0.947 bits per heavy atom. The summed E-state index contributed by atoms with van der Waals surface area (Å²) in [5.41, 5.74) is 8.89. The molecule has 2 aromatic rings. The van der Waals surface area contributed by atoms with Gasteiger partial charge in [-0.2, -0.15) is 0 Å². The van der Waals surface area contributed by atoms with Gasteiger partial charge in [0.25, 0.3) is 0 Å². The van der Waals surface area contributed by atoms with Gasteiger partial charge in [0.15, 0.2) is 0 Å². The van der Waals surface area contributed by atoms with Gasteiger partial charge in [0, 0.05) is 18.8 Å². The molecule has 0 spiro atoms. The zero-order valence-electron chi connectivity index (χ0n) is 10.7.